The maximum atomic E-state index is 5.79. The van der Waals surface area contributed by atoms with E-state index < -0.39 is 0 Å². The highest BCUT2D eigenvalue weighted by Crippen LogP contribution is 2.24. The molecule has 0 saturated carbocycles. The van der Waals surface area contributed by atoms with Gasteiger partial charge in [0.15, 0.2) is 0 Å². The number of likely N-dealkylation sites (tertiary alicyclic amines) is 1. The Hall–Kier alpha value is -1.81. The molecule has 0 aliphatic carbocycles. The van der Waals surface area contributed by atoms with Crippen molar-refractivity contribution in [1.82, 2.24) is 14.9 Å². The van der Waals surface area contributed by atoms with Crippen molar-refractivity contribution >= 4 is 0 Å². The zero-order valence-electron chi connectivity index (χ0n) is 12.6. The molecule has 4 heteroatoms. The first-order valence-corrected chi connectivity index (χ1v) is 7.73. The second-order valence-corrected chi connectivity index (χ2v) is 5.75. The number of aromatic nitrogens is 2. The molecule has 3 rings (SSSR count). The number of aromatic amines is 1. The summed E-state index contributed by atoms with van der Waals surface area (Å²) >= 11 is 0. The molecule has 2 heterocycles. The Morgan fingerprint density at radius 1 is 1.33 bits per heavy atom. The zero-order valence-corrected chi connectivity index (χ0v) is 12.6. The smallest absolute Gasteiger partial charge is 0.119 e. The summed E-state index contributed by atoms with van der Waals surface area (Å²) in [6.07, 6.45) is 4.38. The van der Waals surface area contributed by atoms with Crippen molar-refractivity contribution in [2.45, 2.75) is 25.7 Å². The van der Waals surface area contributed by atoms with Gasteiger partial charge in [-0.25, -0.2) is 4.98 Å². The van der Waals surface area contributed by atoms with Crippen LogP contribution in [0.25, 0.3) is 0 Å². The second kappa shape index (κ2) is 6.76. The SMILES string of the molecule is Cc1cnc([C@@H]2CCCN(CCOc3ccccc3)C2)[nH]1. The van der Waals surface area contributed by atoms with E-state index in [2.05, 4.69) is 21.8 Å². The molecule has 1 aliphatic heterocycles. The molecule has 0 spiro atoms. The average molecular weight is 285 g/mol. The fourth-order valence-corrected chi connectivity index (χ4v) is 2.93. The lowest BCUT2D eigenvalue weighted by molar-refractivity contribution is 0.168. The lowest BCUT2D eigenvalue weighted by Gasteiger charge is -2.31. The minimum absolute atomic E-state index is 0.532. The van der Waals surface area contributed by atoms with E-state index in [-0.39, 0.29) is 0 Å². The van der Waals surface area contributed by atoms with Gasteiger partial charge in [-0.2, -0.15) is 0 Å². The van der Waals surface area contributed by atoms with Crippen molar-refractivity contribution in [3.63, 3.8) is 0 Å². The molecular formula is C17H23N3O. The first kappa shape index (κ1) is 14.1. The number of ether oxygens (including phenoxy) is 1. The molecular weight excluding hydrogens is 262 g/mol. The summed E-state index contributed by atoms with van der Waals surface area (Å²) in [5.74, 6) is 2.62. The van der Waals surface area contributed by atoms with Gasteiger partial charge in [0.2, 0.25) is 0 Å². The van der Waals surface area contributed by atoms with Gasteiger partial charge in [0.05, 0.1) is 0 Å². The van der Waals surface area contributed by atoms with Gasteiger partial charge >= 0.3 is 0 Å². The van der Waals surface area contributed by atoms with E-state index in [1.54, 1.807) is 0 Å². The summed E-state index contributed by atoms with van der Waals surface area (Å²) in [7, 11) is 0. The van der Waals surface area contributed by atoms with Crippen LogP contribution in [0.3, 0.4) is 0 Å². The molecule has 1 fully saturated rings. The fourth-order valence-electron chi connectivity index (χ4n) is 2.93. The number of imidazole rings is 1. The third kappa shape index (κ3) is 3.85. The first-order chi connectivity index (χ1) is 10.3. The van der Waals surface area contributed by atoms with Crippen LogP contribution in [0.4, 0.5) is 0 Å². The minimum atomic E-state index is 0.532. The normalized spacial score (nSPS) is 19.6. The predicted octanol–water partition coefficient (Wildman–Crippen LogP) is 2.98. The van der Waals surface area contributed by atoms with Crippen LogP contribution in [0.1, 0.15) is 30.3 Å². The Morgan fingerprint density at radius 3 is 2.95 bits per heavy atom. The van der Waals surface area contributed by atoms with Gasteiger partial charge in [-0.15, -0.1) is 0 Å². The molecule has 0 radical (unpaired) electrons. The summed E-state index contributed by atoms with van der Waals surface area (Å²) in [5, 5.41) is 0. The third-order valence-electron chi connectivity index (χ3n) is 4.03. The number of rotatable bonds is 5. The summed E-state index contributed by atoms with van der Waals surface area (Å²) < 4.78 is 5.79. The number of piperidine rings is 1. The van der Waals surface area contributed by atoms with Gasteiger partial charge in [0.25, 0.3) is 0 Å². The van der Waals surface area contributed by atoms with Gasteiger partial charge in [-0.05, 0) is 38.4 Å². The molecule has 1 atom stereocenters. The second-order valence-electron chi connectivity index (χ2n) is 5.75. The molecule has 2 aromatic rings. The summed E-state index contributed by atoms with van der Waals surface area (Å²) in [6, 6.07) is 10.0. The minimum Gasteiger partial charge on any atom is -0.492 e. The van der Waals surface area contributed by atoms with Crippen LogP contribution in [-0.4, -0.2) is 41.1 Å². The van der Waals surface area contributed by atoms with Crippen molar-refractivity contribution < 1.29 is 4.74 Å². The molecule has 1 aliphatic rings. The molecule has 4 nitrogen and oxygen atoms in total. The average Bonchev–Trinajstić information content (AvgIpc) is 2.95. The van der Waals surface area contributed by atoms with Crippen LogP contribution in [0.5, 0.6) is 5.75 Å². The van der Waals surface area contributed by atoms with Gasteiger partial charge in [0, 0.05) is 30.9 Å². The van der Waals surface area contributed by atoms with E-state index in [9.17, 15) is 0 Å². The zero-order chi connectivity index (χ0) is 14.5. The van der Waals surface area contributed by atoms with E-state index in [4.69, 9.17) is 4.74 Å². The Morgan fingerprint density at radius 2 is 2.19 bits per heavy atom. The predicted molar refractivity (Wildman–Crippen MR) is 83.7 cm³/mol. The van der Waals surface area contributed by atoms with Crippen molar-refractivity contribution in [3.8, 4) is 5.75 Å². The number of hydrogen-bond donors (Lipinski definition) is 1. The third-order valence-corrected chi connectivity index (χ3v) is 4.03. The topological polar surface area (TPSA) is 41.2 Å². The Bertz CT molecular complexity index is 552. The highest BCUT2D eigenvalue weighted by molar-refractivity contribution is 5.20. The summed E-state index contributed by atoms with van der Waals surface area (Å²) in [5.41, 5.74) is 1.15. The van der Waals surface area contributed by atoms with E-state index in [0.717, 1.165) is 43.5 Å². The van der Waals surface area contributed by atoms with Crippen molar-refractivity contribution in [2.75, 3.05) is 26.2 Å². The maximum absolute atomic E-state index is 5.79. The molecule has 0 amide bonds. The van der Waals surface area contributed by atoms with Crippen LogP contribution in [0, 0.1) is 6.92 Å². The molecule has 1 N–H and O–H groups in total. The van der Waals surface area contributed by atoms with E-state index >= 15 is 0 Å². The van der Waals surface area contributed by atoms with Gasteiger partial charge in [-0.3, -0.25) is 4.90 Å². The van der Waals surface area contributed by atoms with Crippen LogP contribution in [-0.2, 0) is 0 Å². The lowest BCUT2D eigenvalue weighted by Crippen LogP contribution is -2.37. The number of nitrogens with zero attached hydrogens (tertiary/aromatic N) is 2. The Kier molecular flexibility index (Phi) is 4.55. The van der Waals surface area contributed by atoms with Crippen molar-refractivity contribution in [2.24, 2.45) is 0 Å². The fraction of sp³-hybridized carbons (Fsp3) is 0.471. The quantitative estimate of drug-likeness (QED) is 0.918. The van der Waals surface area contributed by atoms with Crippen LogP contribution >= 0.6 is 0 Å². The number of benzene rings is 1. The standard InChI is InChI=1S/C17H23N3O/c1-14-12-18-17(19-14)15-6-5-9-20(13-15)10-11-21-16-7-3-2-4-8-16/h2-4,7-8,12,15H,5-6,9-11,13H2,1H3,(H,18,19)/t15-/m1/s1. The monoisotopic (exact) mass is 285 g/mol. The number of nitrogens with one attached hydrogen (secondary N) is 1. The summed E-state index contributed by atoms with van der Waals surface area (Å²) in [6.45, 7) is 6.02. The van der Waals surface area contributed by atoms with Crippen molar-refractivity contribution in [1.29, 1.82) is 0 Å². The molecule has 1 saturated heterocycles. The Labute approximate surface area is 126 Å². The Balaban J connectivity index is 1.48. The molecule has 21 heavy (non-hydrogen) atoms. The number of H-pyrrole nitrogens is 1. The van der Waals surface area contributed by atoms with Crippen molar-refractivity contribution in [3.05, 3.63) is 48.0 Å². The molecule has 0 bridgehead atoms. The van der Waals surface area contributed by atoms with Gasteiger partial charge in [-0.1, -0.05) is 18.2 Å². The maximum Gasteiger partial charge on any atom is 0.119 e. The van der Waals surface area contributed by atoms with Gasteiger partial charge in [0.1, 0.15) is 18.2 Å². The largest absolute Gasteiger partial charge is 0.492 e. The van der Waals surface area contributed by atoms with Gasteiger partial charge < -0.3 is 9.72 Å². The number of para-hydroxylation sites is 1. The summed E-state index contributed by atoms with van der Waals surface area (Å²) in [4.78, 5) is 10.3. The lowest BCUT2D eigenvalue weighted by atomic mass is 9.97. The van der Waals surface area contributed by atoms with E-state index in [1.807, 2.05) is 36.5 Å². The molecule has 0 unspecified atom stereocenters. The van der Waals surface area contributed by atoms with E-state index in [1.165, 1.54) is 12.8 Å². The number of aryl methyl sites for hydroxylation is 1. The van der Waals surface area contributed by atoms with E-state index in [0.29, 0.717) is 5.92 Å². The van der Waals surface area contributed by atoms with Crippen LogP contribution < -0.4 is 4.74 Å². The number of hydrogen-bond acceptors (Lipinski definition) is 3. The van der Waals surface area contributed by atoms with Crippen LogP contribution in [0.15, 0.2) is 36.5 Å². The molecule has 1 aromatic carbocycles. The highest BCUT2D eigenvalue weighted by atomic mass is 16.5. The van der Waals surface area contributed by atoms with Crippen LogP contribution in [0.2, 0.25) is 0 Å². The molecule has 112 valence electrons. The first-order valence-electron chi connectivity index (χ1n) is 7.73. The molecule has 1 aromatic heterocycles. The highest BCUT2D eigenvalue weighted by Gasteiger charge is 2.23.